The van der Waals surface area contributed by atoms with Crippen molar-refractivity contribution in [2.24, 2.45) is 17.8 Å². The van der Waals surface area contributed by atoms with Crippen molar-refractivity contribution in [1.29, 1.82) is 0 Å². The molecule has 36 heavy (non-hydrogen) atoms. The lowest BCUT2D eigenvalue weighted by molar-refractivity contribution is -0.163. The molecule has 2 bridgehead atoms. The first-order valence-electron chi connectivity index (χ1n) is 13.5. The van der Waals surface area contributed by atoms with E-state index in [0.717, 1.165) is 19.3 Å². The van der Waals surface area contributed by atoms with Crippen LogP contribution in [0, 0.1) is 17.8 Å². The highest BCUT2D eigenvalue weighted by Crippen LogP contribution is 2.65. The Morgan fingerprint density at radius 2 is 1.97 bits per heavy atom. The van der Waals surface area contributed by atoms with Crippen molar-refractivity contribution < 1.29 is 29.0 Å². The first kappa shape index (κ1) is 28.4. The Kier molecular flexibility index (Phi) is 9.04. The second-order valence-corrected chi connectivity index (χ2v) is 10.8. The van der Waals surface area contributed by atoms with E-state index in [1.165, 1.54) is 6.08 Å². The fourth-order valence-electron chi connectivity index (χ4n) is 6.68. The number of esters is 1. The van der Waals surface area contributed by atoms with Crippen molar-refractivity contribution in [2.45, 2.75) is 89.5 Å². The Hall–Kier alpha value is -2.19. The topological polar surface area (TPSA) is 96.4 Å². The molecule has 202 valence electrons. The summed E-state index contributed by atoms with van der Waals surface area (Å²) < 4.78 is 12.2. The van der Waals surface area contributed by atoms with Crippen LogP contribution in [0.2, 0.25) is 0 Å². The largest absolute Gasteiger partial charge is 0.461 e. The Morgan fingerprint density at radius 1 is 1.25 bits per heavy atom. The number of nitrogens with zero attached hydrogens (tertiary/aromatic N) is 2. The lowest BCUT2D eigenvalue weighted by atomic mass is 9.65. The fourth-order valence-corrected chi connectivity index (χ4v) is 6.68. The number of fused-ring (bicyclic) bond motifs is 1. The number of amides is 2. The summed E-state index contributed by atoms with van der Waals surface area (Å²) in [7, 11) is 0. The summed E-state index contributed by atoms with van der Waals surface area (Å²) in [5.74, 6) is -2.71. The molecule has 0 radical (unpaired) electrons. The van der Waals surface area contributed by atoms with Gasteiger partial charge < -0.3 is 24.4 Å². The average Bonchev–Trinajstić information content (AvgIpc) is 3.46. The van der Waals surface area contributed by atoms with E-state index in [9.17, 15) is 19.5 Å². The number of hydrogen-bond donors (Lipinski definition) is 1. The zero-order valence-corrected chi connectivity index (χ0v) is 22.4. The van der Waals surface area contributed by atoms with E-state index >= 15 is 0 Å². The molecule has 0 aromatic rings. The number of carbonyl (C=O) groups is 3. The summed E-state index contributed by atoms with van der Waals surface area (Å²) in [6, 6.07) is -1.49. The van der Waals surface area contributed by atoms with Gasteiger partial charge in [0.05, 0.1) is 24.2 Å². The molecule has 3 heterocycles. The molecule has 2 amide bonds. The third-order valence-electron chi connectivity index (χ3n) is 8.46. The molecule has 8 nitrogen and oxygen atoms in total. The predicted octanol–water partition coefficient (Wildman–Crippen LogP) is 3.09. The van der Waals surface area contributed by atoms with Crippen LogP contribution in [0.3, 0.4) is 0 Å². The van der Waals surface area contributed by atoms with Gasteiger partial charge >= 0.3 is 5.97 Å². The second kappa shape index (κ2) is 11.5. The van der Waals surface area contributed by atoms with Crippen LogP contribution in [-0.4, -0.2) is 82.3 Å². The third kappa shape index (κ3) is 4.51. The summed E-state index contributed by atoms with van der Waals surface area (Å²) in [6.07, 6.45) is 7.66. The van der Waals surface area contributed by atoms with Crippen molar-refractivity contribution in [2.75, 3.05) is 26.3 Å². The highest BCUT2D eigenvalue weighted by atomic mass is 16.6. The summed E-state index contributed by atoms with van der Waals surface area (Å²) in [5.41, 5.74) is -1.98. The minimum atomic E-state index is -1.13. The molecule has 1 N–H and O–H groups in total. The molecule has 0 aromatic carbocycles. The molecule has 3 fully saturated rings. The van der Waals surface area contributed by atoms with Gasteiger partial charge in [-0.05, 0) is 31.6 Å². The quantitative estimate of drug-likeness (QED) is 0.222. The van der Waals surface area contributed by atoms with E-state index in [4.69, 9.17) is 9.47 Å². The van der Waals surface area contributed by atoms with Crippen LogP contribution in [0.15, 0.2) is 25.3 Å². The Bertz CT molecular complexity index is 859. The summed E-state index contributed by atoms with van der Waals surface area (Å²) in [6.45, 7) is 16.0. The molecule has 8 heteroatoms. The molecule has 3 aliphatic heterocycles. The first-order chi connectivity index (χ1) is 17.2. The Labute approximate surface area is 215 Å². The van der Waals surface area contributed by atoms with Gasteiger partial charge in [0, 0.05) is 13.1 Å². The SMILES string of the molecule is C=CCOC(=O)[C@@H]1[C@H]2C(=O)N([C@@H](CO)C(C)C)C(C(=O)N(CC=C)CCCCC)C23CC[C@@]1(CC)O3. The van der Waals surface area contributed by atoms with Gasteiger partial charge in [0.1, 0.15) is 24.2 Å². The van der Waals surface area contributed by atoms with Crippen LogP contribution in [0.5, 0.6) is 0 Å². The van der Waals surface area contributed by atoms with Crippen LogP contribution in [0.4, 0.5) is 0 Å². The molecular formula is C28H44N2O6. The molecule has 0 saturated carbocycles. The number of ether oxygens (including phenoxy) is 2. The molecule has 2 unspecified atom stereocenters. The molecule has 0 aliphatic carbocycles. The normalized spacial score (nSPS) is 31.4. The van der Waals surface area contributed by atoms with Crippen LogP contribution < -0.4 is 0 Å². The highest BCUT2D eigenvalue weighted by Gasteiger charge is 2.79. The summed E-state index contributed by atoms with van der Waals surface area (Å²) in [5, 5.41) is 10.3. The number of carbonyl (C=O) groups excluding carboxylic acids is 3. The van der Waals surface area contributed by atoms with Crippen molar-refractivity contribution in [3.8, 4) is 0 Å². The number of likely N-dealkylation sites (tertiary alicyclic amines) is 1. The average molecular weight is 505 g/mol. The van der Waals surface area contributed by atoms with Gasteiger partial charge in [-0.25, -0.2) is 0 Å². The smallest absolute Gasteiger partial charge is 0.313 e. The van der Waals surface area contributed by atoms with Crippen LogP contribution in [-0.2, 0) is 23.9 Å². The van der Waals surface area contributed by atoms with E-state index in [0.29, 0.717) is 32.4 Å². The van der Waals surface area contributed by atoms with Crippen LogP contribution >= 0.6 is 0 Å². The maximum absolute atomic E-state index is 14.3. The zero-order chi connectivity index (χ0) is 26.7. The van der Waals surface area contributed by atoms with E-state index in [1.807, 2.05) is 20.8 Å². The van der Waals surface area contributed by atoms with Crippen molar-refractivity contribution in [1.82, 2.24) is 9.80 Å². The standard InChI is InChI=1S/C28H44N2O6/c1-7-11-12-16-29(15-8-2)25(33)23-28-14-13-27(10-4,36-28)22(26(34)35-17-9-3)21(28)24(32)30(23)20(18-31)19(5)6/h8-9,19-23,31H,2-3,7,10-18H2,1,4-6H3/t20-,21-,22-,23?,27+,28?/m0/s1. The number of aliphatic hydroxyl groups excluding tert-OH is 1. The summed E-state index contributed by atoms with van der Waals surface area (Å²) >= 11 is 0. The van der Waals surface area contributed by atoms with Crippen LogP contribution in [0.25, 0.3) is 0 Å². The monoisotopic (exact) mass is 504 g/mol. The Morgan fingerprint density at radius 3 is 2.53 bits per heavy atom. The summed E-state index contributed by atoms with van der Waals surface area (Å²) in [4.78, 5) is 45.1. The lowest BCUT2D eigenvalue weighted by Gasteiger charge is -2.40. The molecule has 1 spiro atoms. The van der Waals surface area contributed by atoms with Crippen molar-refractivity contribution >= 4 is 17.8 Å². The maximum atomic E-state index is 14.3. The van der Waals surface area contributed by atoms with Gasteiger partial charge in [-0.15, -0.1) is 6.58 Å². The molecule has 3 rings (SSSR count). The number of unbranched alkanes of at least 4 members (excludes halogenated alkanes) is 2. The van der Waals surface area contributed by atoms with Crippen molar-refractivity contribution in [3.63, 3.8) is 0 Å². The third-order valence-corrected chi connectivity index (χ3v) is 8.46. The van der Waals surface area contributed by atoms with Gasteiger partial charge in [0.15, 0.2) is 0 Å². The number of rotatable bonds is 14. The second-order valence-electron chi connectivity index (χ2n) is 10.8. The van der Waals surface area contributed by atoms with Gasteiger partial charge in [-0.1, -0.05) is 59.3 Å². The van der Waals surface area contributed by atoms with E-state index in [1.54, 1.807) is 15.9 Å². The number of hydrogen-bond acceptors (Lipinski definition) is 6. The van der Waals surface area contributed by atoms with E-state index in [-0.39, 0.29) is 30.9 Å². The van der Waals surface area contributed by atoms with Gasteiger partial charge in [-0.2, -0.15) is 0 Å². The molecular weight excluding hydrogens is 460 g/mol. The molecule has 6 atom stereocenters. The van der Waals surface area contributed by atoms with Gasteiger partial charge in [0.2, 0.25) is 11.8 Å². The lowest BCUT2D eigenvalue weighted by Crippen LogP contribution is -2.59. The van der Waals surface area contributed by atoms with Gasteiger partial charge in [-0.3, -0.25) is 14.4 Å². The predicted molar refractivity (Wildman–Crippen MR) is 137 cm³/mol. The highest BCUT2D eigenvalue weighted by molar-refractivity contribution is 5.98. The van der Waals surface area contributed by atoms with E-state index in [2.05, 4.69) is 20.1 Å². The fraction of sp³-hybridized carbons (Fsp3) is 0.750. The molecule has 3 saturated heterocycles. The molecule has 3 aliphatic rings. The van der Waals surface area contributed by atoms with Crippen molar-refractivity contribution in [3.05, 3.63) is 25.3 Å². The zero-order valence-electron chi connectivity index (χ0n) is 22.4. The number of aliphatic hydroxyl groups is 1. The first-order valence-corrected chi connectivity index (χ1v) is 13.5. The maximum Gasteiger partial charge on any atom is 0.313 e. The van der Waals surface area contributed by atoms with Crippen LogP contribution in [0.1, 0.15) is 66.2 Å². The molecule has 0 aromatic heterocycles. The van der Waals surface area contributed by atoms with E-state index < -0.39 is 41.1 Å². The minimum Gasteiger partial charge on any atom is -0.461 e. The minimum absolute atomic E-state index is 0.0465. The Balaban J connectivity index is 2.11. The van der Waals surface area contributed by atoms with Gasteiger partial charge in [0.25, 0.3) is 0 Å².